The van der Waals surface area contributed by atoms with E-state index in [0.717, 1.165) is 5.56 Å². The number of esters is 1. The molecule has 20 heavy (non-hydrogen) atoms. The number of piperazine rings is 1. The molecule has 0 amide bonds. The Labute approximate surface area is 118 Å². The molecule has 0 aliphatic carbocycles. The fraction of sp³-hybridized carbons (Fsp3) is 0.500. The summed E-state index contributed by atoms with van der Waals surface area (Å²) in [6, 6.07) is 6.46. The fourth-order valence-electron chi connectivity index (χ4n) is 2.28. The minimum atomic E-state index is -2.37. The minimum Gasteiger partial charge on any atom is -0.465 e. The van der Waals surface area contributed by atoms with E-state index in [1.165, 1.54) is 12.4 Å². The first-order valence-corrected chi connectivity index (χ1v) is 6.45. The third kappa shape index (κ3) is 3.74. The average molecular weight is 285 g/mol. The topological polar surface area (TPSA) is 41.6 Å². The van der Waals surface area contributed by atoms with E-state index in [1.807, 2.05) is 0 Å². The molecule has 0 aromatic heterocycles. The highest BCUT2D eigenvalue weighted by molar-refractivity contribution is 5.89. The number of nitrogens with one attached hydrogen (secondary N) is 1. The van der Waals surface area contributed by atoms with Crippen molar-refractivity contribution in [2.75, 3.05) is 33.3 Å². The van der Waals surface area contributed by atoms with Crippen LogP contribution in [0.1, 0.15) is 22.0 Å². The molecule has 1 aromatic carbocycles. The fourth-order valence-corrected chi connectivity index (χ4v) is 2.28. The highest BCUT2D eigenvalue weighted by Gasteiger charge is 2.22. The zero-order valence-corrected chi connectivity index (χ0v) is 11.3. The first-order valence-electron chi connectivity index (χ1n) is 6.90. The van der Waals surface area contributed by atoms with E-state index in [2.05, 4.69) is 4.74 Å². The summed E-state index contributed by atoms with van der Waals surface area (Å²) in [7, 11) is 1.31. The van der Waals surface area contributed by atoms with Gasteiger partial charge in [0.25, 0.3) is 6.43 Å². The van der Waals surface area contributed by atoms with Crippen molar-refractivity contribution in [1.29, 1.82) is 0 Å². The van der Waals surface area contributed by atoms with Crippen LogP contribution < -0.4 is 5.31 Å². The van der Waals surface area contributed by atoms with E-state index in [9.17, 15) is 13.6 Å². The largest absolute Gasteiger partial charge is 0.465 e. The lowest BCUT2D eigenvalue weighted by atomic mass is 10.0. The van der Waals surface area contributed by atoms with Crippen molar-refractivity contribution in [1.82, 2.24) is 10.2 Å². The van der Waals surface area contributed by atoms with Crippen molar-refractivity contribution in [3.05, 3.63) is 35.4 Å². The lowest BCUT2D eigenvalue weighted by Gasteiger charge is -2.33. The third-order valence-electron chi connectivity index (χ3n) is 3.31. The van der Waals surface area contributed by atoms with Crippen LogP contribution in [-0.4, -0.2) is 50.6 Å². The predicted molar refractivity (Wildman–Crippen MR) is 71.0 cm³/mol. The maximum Gasteiger partial charge on any atom is 0.337 e. The van der Waals surface area contributed by atoms with Gasteiger partial charge < -0.3 is 10.0 Å². The van der Waals surface area contributed by atoms with Gasteiger partial charge in [0.1, 0.15) is 1.41 Å². The molecular weight excluding hydrogens is 266 g/mol. The van der Waals surface area contributed by atoms with Gasteiger partial charge >= 0.3 is 5.97 Å². The van der Waals surface area contributed by atoms with Crippen molar-refractivity contribution in [3.8, 4) is 0 Å². The molecule has 1 fully saturated rings. The second-order valence-corrected chi connectivity index (χ2v) is 4.69. The molecule has 0 bridgehead atoms. The van der Waals surface area contributed by atoms with Crippen molar-refractivity contribution >= 4 is 5.97 Å². The Bertz CT molecular complexity index is 484. The van der Waals surface area contributed by atoms with Gasteiger partial charge in [-0.15, -0.1) is 0 Å². The number of halogens is 2. The first-order chi connectivity index (χ1) is 10.0. The molecule has 0 radical (unpaired) electrons. The SMILES string of the molecule is [2H]N1CCN(CC(F)F)CC1c1ccc(C(=O)OC)cc1. The lowest BCUT2D eigenvalue weighted by molar-refractivity contribution is 0.0600. The number of hydrogen-bond donors (Lipinski definition) is 1. The monoisotopic (exact) mass is 285 g/mol. The molecule has 2 rings (SSSR count). The van der Waals surface area contributed by atoms with E-state index in [4.69, 9.17) is 1.41 Å². The number of hydrogen-bond acceptors (Lipinski definition) is 4. The Kier molecular flexibility index (Phi) is 4.55. The van der Waals surface area contributed by atoms with Crippen LogP contribution in [0, 0.1) is 0 Å². The Morgan fingerprint density at radius 2 is 2.25 bits per heavy atom. The quantitative estimate of drug-likeness (QED) is 0.855. The lowest BCUT2D eigenvalue weighted by Crippen LogP contribution is -2.47. The molecule has 1 N–H and O–H groups in total. The first kappa shape index (κ1) is 13.5. The second-order valence-electron chi connectivity index (χ2n) is 4.69. The number of rotatable bonds is 4. The van der Waals surface area contributed by atoms with E-state index in [-0.39, 0.29) is 12.6 Å². The summed E-state index contributed by atoms with van der Waals surface area (Å²) in [5.74, 6) is -0.424. The van der Waals surface area contributed by atoms with Gasteiger partial charge in [-0.1, -0.05) is 12.1 Å². The van der Waals surface area contributed by atoms with Gasteiger partial charge in [-0.25, -0.2) is 13.6 Å². The van der Waals surface area contributed by atoms with Crippen LogP contribution in [0.2, 0.25) is 1.41 Å². The molecule has 0 spiro atoms. The summed E-state index contributed by atoms with van der Waals surface area (Å²) in [6.45, 7) is 0.983. The van der Waals surface area contributed by atoms with E-state index in [1.54, 1.807) is 29.2 Å². The van der Waals surface area contributed by atoms with E-state index >= 15 is 0 Å². The average Bonchev–Trinajstić information content (AvgIpc) is 2.48. The van der Waals surface area contributed by atoms with Crippen molar-refractivity contribution in [2.24, 2.45) is 0 Å². The zero-order chi connectivity index (χ0) is 15.4. The second kappa shape index (κ2) is 6.76. The van der Waals surface area contributed by atoms with Gasteiger partial charge in [0.2, 0.25) is 0 Å². The van der Waals surface area contributed by atoms with Gasteiger partial charge in [0, 0.05) is 25.7 Å². The van der Waals surface area contributed by atoms with Gasteiger partial charge in [-0.05, 0) is 17.7 Å². The van der Waals surface area contributed by atoms with Crippen LogP contribution in [0.3, 0.4) is 0 Å². The minimum absolute atomic E-state index is 0.273. The molecule has 4 nitrogen and oxygen atoms in total. The third-order valence-corrected chi connectivity index (χ3v) is 3.31. The number of methoxy groups -OCH3 is 1. The summed E-state index contributed by atoms with van der Waals surface area (Å²) in [4.78, 5) is 13.0. The van der Waals surface area contributed by atoms with Gasteiger partial charge in [-0.3, -0.25) is 4.90 Å². The van der Waals surface area contributed by atoms with Crippen LogP contribution in [0.4, 0.5) is 8.78 Å². The van der Waals surface area contributed by atoms with Crippen LogP contribution in [0.15, 0.2) is 24.3 Å². The highest BCUT2D eigenvalue weighted by atomic mass is 19.3. The maximum atomic E-state index is 12.5. The summed E-state index contributed by atoms with van der Waals surface area (Å²) < 4.78 is 37.5. The standard InChI is InChI=1S/C14H18F2N2O2/c1-20-14(19)11-4-2-10(3-5-11)12-8-18(7-6-17-12)9-13(15)16/h2-5,12-13,17H,6-9H2,1H3/i/hD. The molecule has 6 heteroatoms. The highest BCUT2D eigenvalue weighted by Crippen LogP contribution is 2.18. The molecule has 1 aliphatic rings. The molecule has 1 atom stereocenters. The van der Waals surface area contributed by atoms with Crippen molar-refractivity contribution in [3.63, 3.8) is 0 Å². The van der Waals surface area contributed by atoms with Gasteiger partial charge in [0.15, 0.2) is 0 Å². The number of benzene rings is 1. The molecule has 1 saturated heterocycles. The zero-order valence-electron chi connectivity index (χ0n) is 12.3. The Morgan fingerprint density at radius 1 is 1.55 bits per heavy atom. The summed E-state index contributed by atoms with van der Waals surface area (Å²) in [5, 5.41) is 1.40. The van der Waals surface area contributed by atoms with Crippen molar-refractivity contribution in [2.45, 2.75) is 12.5 Å². The predicted octanol–water partition coefficient (Wildman–Crippen LogP) is 1.68. The summed E-state index contributed by atoms with van der Waals surface area (Å²) >= 11 is 0. The molecule has 1 aromatic rings. The van der Waals surface area contributed by atoms with E-state index < -0.39 is 12.4 Å². The van der Waals surface area contributed by atoms with Crippen LogP contribution in [0.25, 0.3) is 0 Å². The maximum absolute atomic E-state index is 12.5. The number of ether oxygens (including phenoxy) is 1. The Morgan fingerprint density at radius 3 is 2.85 bits per heavy atom. The number of carbonyl (C=O) groups is 1. The van der Waals surface area contributed by atoms with Gasteiger partial charge in [0.05, 0.1) is 19.2 Å². The molecule has 1 unspecified atom stereocenters. The summed E-state index contributed by atoms with van der Waals surface area (Å²) in [5.41, 5.74) is 1.26. The number of alkyl halides is 2. The molecule has 110 valence electrons. The number of carbonyl (C=O) groups excluding carboxylic acids is 1. The van der Waals surface area contributed by atoms with Crippen LogP contribution >= 0.6 is 0 Å². The molecule has 0 saturated carbocycles. The van der Waals surface area contributed by atoms with Crippen LogP contribution in [0.5, 0.6) is 0 Å². The van der Waals surface area contributed by atoms with Crippen LogP contribution in [-0.2, 0) is 4.74 Å². The Hall–Kier alpha value is -1.53. The normalized spacial score (nSPS) is 21.8. The van der Waals surface area contributed by atoms with Crippen molar-refractivity contribution < 1.29 is 19.7 Å². The molecule has 1 aliphatic heterocycles. The number of nitrogens with zero attached hydrogens (tertiary/aromatic N) is 1. The molecule has 1 heterocycles. The smallest absolute Gasteiger partial charge is 0.337 e. The summed E-state index contributed by atoms with van der Waals surface area (Å²) in [6.07, 6.45) is -2.37. The van der Waals surface area contributed by atoms with E-state index in [0.29, 0.717) is 25.2 Å². The Balaban J connectivity index is 2.09. The molecular formula is C14H18F2N2O2. The van der Waals surface area contributed by atoms with Gasteiger partial charge in [-0.2, -0.15) is 0 Å².